The maximum absolute atomic E-state index is 12.9. The molecule has 1 saturated heterocycles. The lowest BCUT2D eigenvalue weighted by Gasteiger charge is -2.32. The molecule has 0 unspecified atom stereocenters. The van der Waals surface area contributed by atoms with Crippen molar-refractivity contribution >= 4 is 23.2 Å². The molecule has 0 spiro atoms. The van der Waals surface area contributed by atoms with Gasteiger partial charge in [-0.25, -0.2) is 4.79 Å². The lowest BCUT2D eigenvalue weighted by atomic mass is 10.1. The number of hydrogen-bond acceptors (Lipinski definition) is 2. The second kappa shape index (κ2) is 6.43. The van der Waals surface area contributed by atoms with E-state index in [9.17, 15) is 9.59 Å². The van der Waals surface area contributed by atoms with E-state index in [2.05, 4.69) is 0 Å². The fourth-order valence-electron chi connectivity index (χ4n) is 2.61. The smallest absolute Gasteiger partial charge is 0.323 e. The summed E-state index contributed by atoms with van der Waals surface area (Å²) in [5, 5.41) is 0. The number of ketones is 1. The largest absolute Gasteiger partial charge is 0.329 e. The molecule has 4 nitrogen and oxygen atoms in total. The van der Waals surface area contributed by atoms with Gasteiger partial charge in [-0.1, -0.05) is 36.4 Å². The minimum atomic E-state index is -0.0788. The summed E-state index contributed by atoms with van der Waals surface area (Å²) in [5.41, 5.74) is 1.66. The lowest BCUT2D eigenvalue weighted by Crippen LogP contribution is -2.45. The van der Waals surface area contributed by atoms with Crippen molar-refractivity contribution in [3.63, 3.8) is 0 Å². The number of Topliss-reactive ketones (excluding diaryl/α,β-unsaturated/α-hetero) is 1. The Kier molecular flexibility index (Phi) is 4.19. The molecule has 4 heteroatoms. The molecule has 112 valence electrons. The van der Waals surface area contributed by atoms with Crippen molar-refractivity contribution in [1.29, 1.82) is 0 Å². The average molecular weight is 294 g/mol. The van der Waals surface area contributed by atoms with Crippen LogP contribution in [-0.4, -0.2) is 29.8 Å². The molecule has 1 heterocycles. The van der Waals surface area contributed by atoms with Gasteiger partial charge in [0.05, 0.1) is 11.4 Å². The molecule has 2 aromatic carbocycles. The molecule has 0 radical (unpaired) electrons. The molecule has 0 saturated carbocycles. The molecule has 0 bridgehead atoms. The number of para-hydroxylation sites is 2. The van der Waals surface area contributed by atoms with Crippen LogP contribution in [0, 0.1) is 0 Å². The van der Waals surface area contributed by atoms with Crippen LogP contribution in [0.2, 0.25) is 0 Å². The quantitative estimate of drug-likeness (QED) is 0.849. The van der Waals surface area contributed by atoms with E-state index in [-0.39, 0.29) is 11.8 Å². The second-order valence-corrected chi connectivity index (χ2v) is 5.31. The number of carbonyl (C=O) groups excluding carboxylic acids is 2. The summed E-state index contributed by atoms with van der Waals surface area (Å²) in [7, 11) is 0. The molecule has 0 atom stereocenters. The molecule has 1 aliphatic rings. The third kappa shape index (κ3) is 3.01. The normalized spacial score (nSPS) is 14.7. The highest BCUT2D eigenvalue weighted by molar-refractivity contribution is 6.00. The number of anilines is 2. The molecule has 2 aromatic rings. The molecule has 0 aromatic heterocycles. The molecule has 0 N–H and O–H groups in total. The van der Waals surface area contributed by atoms with Crippen LogP contribution >= 0.6 is 0 Å². The molecular formula is C18H18N2O2. The van der Waals surface area contributed by atoms with Crippen LogP contribution in [0.25, 0.3) is 0 Å². The van der Waals surface area contributed by atoms with E-state index in [1.807, 2.05) is 60.7 Å². The lowest BCUT2D eigenvalue weighted by molar-refractivity contribution is -0.120. The van der Waals surface area contributed by atoms with E-state index in [4.69, 9.17) is 0 Å². The Morgan fingerprint density at radius 2 is 1.27 bits per heavy atom. The predicted molar refractivity (Wildman–Crippen MR) is 86.2 cm³/mol. The maximum atomic E-state index is 12.9. The van der Waals surface area contributed by atoms with E-state index in [0.717, 1.165) is 11.4 Å². The molecule has 2 amide bonds. The first-order valence-corrected chi connectivity index (χ1v) is 7.46. The number of rotatable bonds is 2. The second-order valence-electron chi connectivity index (χ2n) is 5.31. The van der Waals surface area contributed by atoms with Gasteiger partial charge in [-0.3, -0.25) is 9.69 Å². The van der Waals surface area contributed by atoms with Crippen molar-refractivity contribution in [2.24, 2.45) is 0 Å². The first-order chi connectivity index (χ1) is 10.8. The molecule has 3 rings (SSSR count). The van der Waals surface area contributed by atoms with Crippen LogP contribution in [0.4, 0.5) is 16.2 Å². The van der Waals surface area contributed by atoms with Crippen molar-refractivity contribution in [3.8, 4) is 0 Å². The third-order valence-electron chi connectivity index (χ3n) is 3.81. The minimum absolute atomic E-state index is 0.0788. The zero-order valence-corrected chi connectivity index (χ0v) is 12.3. The van der Waals surface area contributed by atoms with Crippen LogP contribution in [0.5, 0.6) is 0 Å². The minimum Gasteiger partial charge on any atom is -0.323 e. The van der Waals surface area contributed by atoms with Crippen LogP contribution in [0.3, 0.4) is 0 Å². The van der Waals surface area contributed by atoms with Gasteiger partial charge in [0.2, 0.25) is 0 Å². The first-order valence-electron chi connectivity index (χ1n) is 7.46. The Morgan fingerprint density at radius 1 is 0.818 bits per heavy atom. The van der Waals surface area contributed by atoms with Crippen molar-refractivity contribution in [2.45, 2.75) is 12.8 Å². The molecule has 1 fully saturated rings. The van der Waals surface area contributed by atoms with Gasteiger partial charge in [0, 0.05) is 25.9 Å². The number of hydrogen-bond donors (Lipinski definition) is 0. The Morgan fingerprint density at radius 3 is 1.73 bits per heavy atom. The number of amides is 2. The summed E-state index contributed by atoms with van der Waals surface area (Å²) < 4.78 is 0. The van der Waals surface area contributed by atoms with Gasteiger partial charge in [-0.15, -0.1) is 0 Å². The van der Waals surface area contributed by atoms with Crippen LogP contribution < -0.4 is 4.90 Å². The zero-order valence-electron chi connectivity index (χ0n) is 12.3. The van der Waals surface area contributed by atoms with Gasteiger partial charge in [0.1, 0.15) is 5.78 Å². The average Bonchev–Trinajstić information content (AvgIpc) is 2.57. The fraction of sp³-hybridized carbons (Fsp3) is 0.222. The van der Waals surface area contributed by atoms with Gasteiger partial charge in [0.15, 0.2) is 0 Å². The Bertz CT molecular complexity index is 606. The molecular weight excluding hydrogens is 276 g/mol. The summed E-state index contributed by atoms with van der Waals surface area (Å²) in [5.74, 6) is 0.232. The van der Waals surface area contributed by atoms with Crippen LogP contribution in [0.1, 0.15) is 12.8 Å². The first kappa shape index (κ1) is 14.3. The van der Waals surface area contributed by atoms with Gasteiger partial charge in [0.25, 0.3) is 0 Å². The number of benzene rings is 2. The molecule has 1 aliphatic heterocycles. The number of urea groups is 1. The molecule has 0 aliphatic carbocycles. The zero-order chi connectivity index (χ0) is 15.4. The van der Waals surface area contributed by atoms with E-state index in [1.54, 1.807) is 9.80 Å². The van der Waals surface area contributed by atoms with E-state index in [0.29, 0.717) is 25.9 Å². The van der Waals surface area contributed by atoms with Crippen LogP contribution in [-0.2, 0) is 4.79 Å². The topological polar surface area (TPSA) is 40.6 Å². The maximum Gasteiger partial charge on any atom is 0.329 e. The van der Waals surface area contributed by atoms with Crippen molar-refractivity contribution in [1.82, 2.24) is 4.90 Å². The van der Waals surface area contributed by atoms with Crippen molar-refractivity contribution in [2.75, 3.05) is 18.0 Å². The van der Waals surface area contributed by atoms with Gasteiger partial charge >= 0.3 is 6.03 Å². The van der Waals surface area contributed by atoms with E-state index in [1.165, 1.54) is 0 Å². The summed E-state index contributed by atoms with van der Waals surface area (Å²) in [6.07, 6.45) is 0.895. The fourth-order valence-corrected chi connectivity index (χ4v) is 2.61. The number of nitrogens with zero attached hydrogens (tertiary/aromatic N) is 2. The SMILES string of the molecule is O=C1CCN(C(=O)N(c2ccccc2)c2ccccc2)CC1. The number of likely N-dealkylation sites (tertiary alicyclic amines) is 1. The van der Waals surface area contributed by atoms with Crippen LogP contribution in [0.15, 0.2) is 60.7 Å². The predicted octanol–water partition coefficient (Wildman–Crippen LogP) is 3.61. The standard InChI is InChI=1S/C18H18N2O2/c21-17-11-13-19(14-12-17)18(22)20(15-7-3-1-4-8-15)16-9-5-2-6-10-16/h1-10H,11-14H2. The monoisotopic (exact) mass is 294 g/mol. The number of carbonyl (C=O) groups is 2. The highest BCUT2D eigenvalue weighted by atomic mass is 16.2. The van der Waals surface area contributed by atoms with Crippen molar-refractivity contribution < 1.29 is 9.59 Å². The van der Waals surface area contributed by atoms with Crippen molar-refractivity contribution in [3.05, 3.63) is 60.7 Å². The Labute approximate surface area is 130 Å². The highest BCUT2D eigenvalue weighted by Crippen LogP contribution is 2.27. The number of piperidine rings is 1. The Hall–Kier alpha value is -2.62. The summed E-state index contributed by atoms with van der Waals surface area (Å²) in [6.45, 7) is 0.988. The van der Waals surface area contributed by atoms with Gasteiger partial charge in [-0.2, -0.15) is 0 Å². The Balaban J connectivity index is 1.92. The third-order valence-corrected chi connectivity index (χ3v) is 3.81. The summed E-state index contributed by atoms with van der Waals surface area (Å²) in [4.78, 5) is 27.8. The molecule has 22 heavy (non-hydrogen) atoms. The van der Waals surface area contributed by atoms with E-state index >= 15 is 0 Å². The summed E-state index contributed by atoms with van der Waals surface area (Å²) >= 11 is 0. The van der Waals surface area contributed by atoms with Gasteiger partial charge in [-0.05, 0) is 24.3 Å². The highest BCUT2D eigenvalue weighted by Gasteiger charge is 2.27. The van der Waals surface area contributed by atoms with E-state index < -0.39 is 0 Å². The van der Waals surface area contributed by atoms with Gasteiger partial charge < -0.3 is 4.90 Å². The summed E-state index contributed by atoms with van der Waals surface area (Å²) in [6, 6.07) is 19.1.